The molecule has 1 fully saturated rings. The van der Waals surface area contributed by atoms with E-state index in [4.69, 9.17) is 0 Å². The van der Waals surface area contributed by atoms with E-state index in [2.05, 4.69) is 36.4 Å². The average Bonchev–Trinajstić information content (AvgIpc) is 2.50. The van der Waals surface area contributed by atoms with E-state index < -0.39 is 0 Å². The van der Waals surface area contributed by atoms with Crippen LogP contribution in [0.4, 0.5) is 0 Å². The summed E-state index contributed by atoms with van der Waals surface area (Å²) in [4.78, 5) is 17.8. The van der Waals surface area contributed by atoms with E-state index >= 15 is 0 Å². The average molecular weight is 438 g/mol. The molecule has 0 spiro atoms. The summed E-state index contributed by atoms with van der Waals surface area (Å²) in [5.41, 5.74) is 0. The standard InChI is InChI=1S/C17H34N4O.HI/c1-13(2)14(3)20-17(19-12-16(22)21(4)5)18-11-15-9-7-6-8-10-15;/h13-15H,6-12H2,1-5H3,(H2,18,19,20);1H. The van der Waals surface area contributed by atoms with Crippen LogP contribution in [0.25, 0.3) is 0 Å². The number of rotatable bonds is 6. The van der Waals surface area contributed by atoms with Gasteiger partial charge in [0.1, 0.15) is 6.54 Å². The molecule has 1 atom stereocenters. The maximum atomic E-state index is 11.7. The van der Waals surface area contributed by atoms with E-state index in [0.29, 0.717) is 12.0 Å². The van der Waals surface area contributed by atoms with Crippen molar-refractivity contribution in [3.63, 3.8) is 0 Å². The van der Waals surface area contributed by atoms with Crippen molar-refractivity contribution in [2.24, 2.45) is 16.8 Å². The fourth-order valence-electron chi connectivity index (χ4n) is 2.46. The van der Waals surface area contributed by atoms with Crippen molar-refractivity contribution < 1.29 is 4.79 Å². The highest BCUT2D eigenvalue weighted by molar-refractivity contribution is 14.0. The molecule has 0 aliphatic heterocycles. The molecule has 5 nitrogen and oxygen atoms in total. The molecule has 1 aliphatic rings. The van der Waals surface area contributed by atoms with Crippen LogP contribution in [0.5, 0.6) is 0 Å². The third-order valence-electron chi connectivity index (χ3n) is 4.52. The number of guanidine groups is 1. The van der Waals surface area contributed by atoms with Crippen LogP contribution in [-0.4, -0.2) is 50.0 Å². The number of carbonyl (C=O) groups is 1. The van der Waals surface area contributed by atoms with Crippen molar-refractivity contribution in [3.05, 3.63) is 0 Å². The van der Waals surface area contributed by atoms with Gasteiger partial charge < -0.3 is 15.5 Å². The topological polar surface area (TPSA) is 56.7 Å². The summed E-state index contributed by atoms with van der Waals surface area (Å²) in [6.45, 7) is 7.66. The number of carbonyl (C=O) groups excluding carboxylic acids is 1. The van der Waals surface area contributed by atoms with Gasteiger partial charge >= 0.3 is 0 Å². The number of amides is 1. The molecule has 6 heteroatoms. The molecule has 2 N–H and O–H groups in total. The van der Waals surface area contributed by atoms with Crippen LogP contribution in [0, 0.1) is 11.8 Å². The van der Waals surface area contributed by atoms with E-state index in [1.165, 1.54) is 32.1 Å². The van der Waals surface area contributed by atoms with Gasteiger partial charge in [0.2, 0.25) is 5.91 Å². The van der Waals surface area contributed by atoms with Crippen LogP contribution in [-0.2, 0) is 4.79 Å². The quantitative estimate of drug-likeness (QED) is 0.381. The maximum Gasteiger partial charge on any atom is 0.243 e. The van der Waals surface area contributed by atoms with Crippen molar-refractivity contribution >= 4 is 35.8 Å². The minimum absolute atomic E-state index is 0. The van der Waals surface area contributed by atoms with Crippen LogP contribution in [0.1, 0.15) is 52.9 Å². The number of halogens is 1. The van der Waals surface area contributed by atoms with Gasteiger partial charge in [0.15, 0.2) is 5.96 Å². The smallest absolute Gasteiger partial charge is 0.243 e. The number of likely N-dealkylation sites (N-methyl/N-ethyl adjacent to an activating group) is 1. The predicted molar refractivity (Wildman–Crippen MR) is 108 cm³/mol. The number of nitrogens with zero attached hydrogens (tertiary/aromatic N) is 2. The Bertz CT molecular complexity index is 366. The first-order chi connectivity index (χ1) is 10.4. The van der Waals surface area contributed by atoms with Crippen molar-refractivity contribution in [1.29, 1.82) is 0 Å². The Morgan fingerprint density at radius 1 is 1.17 bits per heavy atom. The van der Waals surface area contributed by atoms with Gasteiger partial charge in [0.05, 0.1) is 0 Å². The van der Waals surface area contributed by atoms with Crippen molar-refractivity contribution in [1.82, 2.24) is 15.5 Å². The summed E-state index contributed by atoms with van der Waals surface area (Å²) in [7, 11) is 3.52. The summed E-state index contributed by atoms with van der Waals surface area (Å²) < 4.78 is 0. The Morgan fingerprint density at radius 2 is 1.78 bits per heavy atom. The minimum Gasteiger partial charge on any atom is -0.356 e. The maximum absolute atomic E-state index is 11.7. The highest BCUT2D eigenvalue weighted by atomic mass is 127. The first-order valence-electron chi connectivity index (χ1n) is 8.65. The molecule has 0 aromatic heterocycles. The van der Waals surface area contributed by atoms with E-state index in [9.17, 15) is 4.79 Å². The number of nitrogens with one attached hydrogen (secondary N) is 2. The highest BCUT2D eigenvalue weighted by Crippen LogP contribution is 2.22. The van der Waals surface area contributed by atoms with Crippen molar-refractivity contribution in [2.75, 3.05) is 27.2 Å². The van der Waals surface area contributed by atoms with Gasteiger partial charge in [-0.3, -0.25) is 4.79 Å². The zero-order valence-corrected chi connectivity index (χ0v) is 17.7. The lowest BCUT2D eigenvalue weighted by Gasteiger charge is -2.25. The molecule has 0 aromatic rings. The fourth-order valence-corrected chi connectivity index (χ4v) is 2.46. The molecule has 0 radical (unpaired) electrons. The summed E-state index contributed by atoms with van der Waals surface area (Å²) in [6.07, 6.45) is 6.66. The van der Waals surface area contributed by atoms with Crippen LogP contribution in [0.15, 0.2) is 4.99 Å². The van der Waals surface area contributed by atoms with Crippen LogP contribution < -0.4 is 10.6 Å². The Labute approximate surface area is 159 Å². The number of aliphatic imine (C=N–C) groups is 1. The van der Waals surface area contributed by atoms with Gasteiger partial charge in [0, 0.05) is 26.7 Å². The summed E-state index contributed by atoms with van der Waals surface area (Å²) >= 11 is 0. The van der Waals surface area contributed by atoms with Gasteiger partial charge in [-0.15, -0.1) is 24.0 Å². The lowest BCUT2D eigenvalue weighted by molar-refractivity contribution is -0.127. The Morgan fingerprint density at radius 3 is 2.30 bits per heavy atom. The molecule has 1 saturated carbocycles. The van der Waals surface area contributed by atoms with Crippen molar-refractivity contribution in [2.45, 2.75) is 58.9 Å². The lowest BCUT2D eigenvalue weighted by atomic mass is 9.89. The van der Waals surface area contributed by atoms with Gasteiger partial charge in [-0.25, -0.2) is 4.99 Å². The van der Waals surface area contributed by atoms with E-state index in [0.717, 1.165) is 18.4 Å². The SMILES string of the molecule is CC(C)C(C)NC(=NCC(=O)N(C)C)NCC1CCCCC1.I. The van der Waals surface area contributed by atoms with Gasteiger partial charge in [-0.05, 0) is 31.6 Å². The van der Waals surface area contributed by atoms with E-state index in [1.807, 2.05) is 0 Å². The Hall–Kier alpha value is -0.530. The zero-order chi connectivity index (χ0) is 16.5. The first kappa shape index (κ1) is 22.5. The van der Waals surface area contributed by atoms with E-state index in [-0.39, 0.29) is 36.4 Å². The molecule has 23 heavy (non-hydrogen) atoms. The molecule has 0 saturated heterocycles. The molecular formula is C17H35IN4O. The van der Waals surface area contributed by atoms with Crippen molar-refractivity contribution in [3.8, 4) is 0 Å². The largest absolute Gasteiger partial charge is 0.356 e. The minimum atomic E-state index is 0. The summed E-state index contributed by atoms with van der Waals surface area (Å²) in [5.74, 6) is 2.05. The molecule has 0 aromatic carbocycles. The molecule has 1 rings (SSSR count). The molecular weight excluding hydrogens is 403 g/mol. The Balaban J connectivity index is 0.00000484. The molecule has 136 valence electrons. The molecule has 0 heterocycles. The Kier molecular flexibility index (Phi) is 11.6. The second kappa shape index (κ2) is 11.9. The van der Waals surface area contributed by atoms with Gasteiger partial charge in [-0.1, -0.05) is 33.1 Å². The summed E-state index contributed by atoms with van der Waals surface area (Å²) in [6, 6.07) is 0.326. The number of hydrogen-bond acceptors (Lipinski definition) is 2. The van der Waals surface area contributed by atoms with Crippen LogP contribution >= 0.6 is 24.0 Å². The highest BCUT2D eigenvalue weighted by Gasteiger charge is 2.15. The molecule has 1 aliphatic carbocycles. The monoisotopic (exact) mass is 438 g/mol. The zero-order valence-electron chi connectivity index (χ0n) is 15.4. The van der Waals surface area contributed by atoms with Gasteiger partial charge in [0.25, 0.3) is 0 Å². The third-order valence-corrected chi connectivity index (χ3v) is 4.52. The lowest BCUT2D eigenvalue weighted by Crippen LogP contribution is -2.46. The molecule has 0 bridgehead atoms. The molecule has 1 unspecified atom stereocenters. The van der Waals surface area contributed by atoms with Gasteiger partial charge in [-0.2, -0.15) is 0 Å². The predicted octanol–water partition coefficient (Wildman–Crippen LogP) is 2.85. The second-order valence-electron chi connectivity index (χ2n) is 7.01. The van der Waals surface area contributed by atoms with E-state index in [1.54, 1.807) is 19.0 Å². The third kappa shape index (κ3) is 9.37. The second-order valence-corrected chi connectivity index (χ2v) is 7.01. The summed E-state index contributed by atoms with van der Waals surface area (Å²) in [5, 5.41) is 6.86. The number of hydrogen-bond donors (Lipinski definition) is 2. The fraction of sp³-hybridized carbons (Fsp3) is 0.882. The normalized spacial score (nSPS) is 17.4. The van der Waals surface area contributed by atoms with Crippen LogP contribution in [0.2, 0.25) is 0 Å². The van der Waals surface area contributed by atoms with Crippen LogP contribution in [0.3, 0.4) is 0 Å². The molecule has 1 amide bonds. The first-order valence-corrected chi connectivity index (χ1v) is 8.65.